The molecule has 0 aliphatic carbocycles. The lowest BCUT2D eigenvalue weighted by molar-refractivity contribution is -0.125. The van der Waals surface area contributed by atoms with Crippen LogP contribution in [0.2, 0.25) is 5.02 Å². The quantitative estimate of drug-likeness (QED) is 0.710. The largest absolute Gasteiger partial charge is 0.354 e. The average Bonchev–Trinajstić information content (AvgIpc) is 3.28. The zero-order valence-electron chi connectivity index (χ0n) is 15.2. The number of rotatable bonds is 5. The summed E-state index contributed by atoms with van der Waals surface area (Å²) < 4.78 is 1.55. The molecule has 28 heavy (non-hydrogen) atoms. The molecule has 1 saturated heterocycles. The minimum absolute atomic E-state index is 0.0387. The van der Waals surface area contributed by atoms with Crippen molar-refractivity contribution < 1.29 is 4.79 Å². The molecule has 1 aliphatic rings. The Balaban J connectivity index is 1.37. The van der Waals surface area contributed by atoms with Crippen molar-refractivity contribution in [1.29, 1.82) is 0 Å². The zero-order valence-corrected chi connectivity index (χ0v) is 16.0. The molecule has 8 nitrogen and oxygen atoms in total. The number of aromatic nitrogens is 5. The number of carbonyl (C=O) groups excluding carboxylic acids is 1. The van der Waals surface area contributed by atoms with E-state index < -0.39 is 0 Å². The lowest BCUT2D eigenvalue weighted by atomic mass is 9.97. The van der Waals surface area contributed by atoms with Crippen LogP contribution >= 0.6 is 11.6 Å². The summed E-state index contributed by atoms with van der Waals surface area (Å²) >= 11 is 6.16. The Labute approximate surface area is 167 Å². The number of halogens is 1. The van der Waals surface area contributed by atoms with Crippen molar-refractivity contribution in [2.45, 2.75) is 19.4 Å². The van der Waals surface area contributed by atoms with E-state index in [0.717, 1.165) is 30.8 Å². The number of hydrogen-bond acceptors (Lipinski definition) is 6. The van der Waals surface area contributed by atoms with E-state index in [1.807, 2.05) is 36.4 Å². The predicted octanol–water partition coefficient (Wildman–Crippen LogP) is 2.24. The minimum Gasteiger partial charge on any atom is -0.354 e. The summed E-state index contributed by atoms with van der Waals surface area (Å²) in [6.07, 6.45) is 4.81. The van der Waals surface area contributed by atoms with Crippen molar-refractivity contribution in [3.05, 3.63) is 59.6 Å². The number of nitrogens with zero attached hydrogens (tertiary/aromatic N) is 6. The maximum absolute atomic E-state index is 12.6. The van der Waals surface area contributed by atoms with Crippen molar-refractivity contribution in [3.63, 3.8) is 0 Å². The second kappa shape index (κ2) is 8.35. The van der Waals surface area contributed by atoms with Crippen LogP contribution in [0.1, 0.15) is 18.4 Å². The van der Waals surface area contributed by atoms with Gasteiger partial charge in [0.1, 0.15) is 12.7 Å². The van der Waals surface area contributed by atoms with E-state index in [9.17, 15) is 4.79 Å². The van der Waals surface area contributed by atoms with Gasteiger partial charge in [0.05, 0.1) is 5.92 Å². The highest BCUT2D eigenvalue weighted by atomic mass is 35.5. The summed E-state index contributed by atoms with van der Waals surface area (Å²) in [5.74, 6) is 1.31. The second-order valence-corrected chi connectivity index (χ2v) is 7.09. The molecular weight excluding hydrogens is 378 g/mol. The highest BCUT2D eigenvalue weighted by Crippen LogP contribution is 2.22. The monoisotopic (exact) mass is 397 g/mol. The van der Waals surface area contributed by atoms with Crippen LogP contribution in [-0.2, 0) is 11.3 Å². The Morgan fingerprint density at radius 2 is 2.00 bits per heavy atom. The van der Waals surface area contributed by atoms with E-state index in [1.54, 1.807) is 11.0 Å². The van der Waals surface area contributed by atoms with Crippen LogP contribution in [0.25, 0.3) is 5.82 Å². The van der Waals surface area contributed by atoms with Gasteiger partial charge in [0.15, 0.2) is 11.6 Å². The number of nitrogens with one attached hydrogen (secondary N) is 1. The van der Waals surface area contributed by atoms with Crippen molar-refractivity contribution >= 4 is 23.3 Å². The van der Waals surface area contributed by atoms with Gasteiger partial charge < -0.3 is 10.2 Å². The summed E-state index contributed by atoms with van der Waals surface area (Å²) in [6.45, 7) is 1.90. The summed E-state index contributed by atoms with van der Waals surface area (Å²) in [6, 6.07) is 11.3. The molecular formula is C19H20ClN7O. The summed E-state index contributed by atoms with van der Waals surface area (Å²) in [5.41, 5.74) is 0.916. The first-order chi connectivity index (χ1) is 13.7. The normalized spacial score (nSPS) is 16.8. The van der Waals surface area contributed by atoms with Gasteiger partial charge in [0, 0.05) is 24.7 Å². The van der Waals surface area contributed by atoms with Gasteiger partial charge in [-0.2, -0.15) is 5.10 Å². The molecule has 9 heteroatoms. The second-order valence-electron chi connectivity index (χ2n) is 6.68. The number of anilines is 1. The van der Waals surface area contributed by atoms with E-state index >= 15 is 0 Å². The summed E-state index contributed by atoms with van der Waals surface area (Å²) in [7, 11) is 0. The minimum atomic E-state index is -0.0898. The molecule has 1 amide bonds. The Morgan fingerprint density at radius 1 is 1.18 bits per heavy atom. The van der Waals surface area contributed by atoms with Crippen LogP contribution < -0.4 is 10.2 Å². The highest BCUT2D eigenvalue weighted by molar-refractivity contribution is 6.31. The van der Waals surface area contributed by atoms with E-state index in [4.69, 9.17) is 11.6 Å². The molecule has 3 aromatic rings. The molecule has 0 spiro atoms. The molecule has 4 rings (SSSR count). The van der Waals surface area contributed by atoms with Crippen LogP contribution in [0.15, 0.2) is 49.1 Å². The van der Waals surface area contributed by atoms with Gasteiger partial charge in [-0.05, 0) is 36.6 Å². The molecule has 0 saturated carbocycles. The topological polar surface area (TPSA) is 88.8 Å². The van der Waals surface area contributed by atoms with Gasteiger partial charge in [0.25, 0.3) is 0 Å². The summed E-state index contributed by atoms with van der Waals surface area (Å²) in [5, 5.41) is 16.2. The number of benzene rings is 1. The Morgan fingerprint density at radius 3 is 2.75 bits per heavy atom. The van der Waals surface area contributed by atoms with Crippen molar-refractivity contribution in [3.8, 4) is 5.82 Å². The van der Waals surface area contributed by atoms with E-state index in [0.29, 0.717) is 23.9 Å². The Kier molecular flexibility index (Phi) is 5.48. The molecule has 0 radical (unpaired) electrons. The first-order valence-corrected chi connectivity index (χ1v) is 9.53. The molecule has 0 unspecified atom stereocenters. The molecule has 1 atom stereocenters. The zero-order chi connectivity index (χ0) is 19.3. The van der Waals surface area contributed by atoms with Gasteiger partial charge in [-0.25, -0.2) is 9.67 Å². The van der Waals surface area contributed by atoms with Crippen LogP contribution in [0.4, 0.5) is 5.82 Å². The molecule has 1 fully saturated rings. The highest BCUT2D eigenvalue weighted by Gasteiger charge is 2.26. The predicted molar refractivity (Wildman–Crippen MR) is 105 cm³/mol. The number of carbonyl (C=O) groups is 1. The molecule has 1 aliphatic heterocycles. The Bertz CT molecular complexity index is 930. The Hall–Kier alpha value is -3.00. The van der Waals surface area contributed by atoms with Crippen molar-refractivity contribution in [2.75, 3.05) is 18.0 Å². The van der Waals surface area contributed by atoms with Crippen LogP contribution in [-0.4, -0.2) is 44.0 Å². The van der Waals surface area contributed by atoms with Gasteiger partial charge in [-0.1, -0.05) is 29.8 Å². The molecule has 2 aromatic heterocycles. The van der Waals surface area contributed by atoms with Gasteiger partial charge in [0.2, 0.25) is 5.91 Å². The fourth-order valence-electron chi connectivity index (χ4n) is 3.30. The van der Waals surface area contributed by atoms with Crippen molar-refractivity contribution in [2.24, 2.45) is 5.92 Å². The summed E-state index contributed by atoms with van der Waals surface area (Å²) in [4.78, 5) is 18.6. The molecule has 0 bridgehead atoms. The third-order valence-corrected chi connectivity index (χ3v) is 5.19. The van der Waals surface area contributed by atoms with Crippen LogP contribution in [0.5, 0.6) is 0 Å². The van der Waals surface area contributed by atoms with Gasteiger partial charge >= 0.3 is 0 Å². The molecule has 1 aromatic carbocycles. The SMILES string of the molecule is O=C(NCc1ccccc1Cl)[C@@H]1CCCN(c2ccc(-n3cncn3)nn2)C1. The first kappa shape index (κ1) is 18.4. The fraction of sp³-hybridized carbons (Fsp3) is 0.316. The molecule has 144 valence electrons. The van der Waals surface area contributed by atoms with E-state index in [1.165, 1.54) is 6.33 Å². The lowest BCUT2D eigenvalue weighted by Gasteiger charge is -2.32. The van der Waals surface area contributed by atoms with Crippen molar-refractivity contribution in [1.82, 2.24) is 30.3 Å². The van der Waals surface area contributed by atoms with Crippen LogP contribution in [0.3, 0.4) is 0 Å². The maximum Gasteiger partial charge on any atom is 0.225 e. The standard InChI is InChI=1S/C19H20ClN7O/c20-16-6-2-1-4-14(16)10-22-19(28)15-5-3-9-26(11-15)17-7-8-18(25-24-17)27-13-21-12-23-27/h1-2,4,6-8,12-13,15H,3,5,9-11H2,(H,22,28)/t15-/m1/s1. The third kappa shape index (κ3) is 4.12. The fourth-order valence-corrected chi connectivity index (χ4v) is 3.51. The first-order valence-electron chi connectivity index (χ1n) is 9.15. The molecule has 1 N–H and O–H groups in total. The number of amides is 1. The third-order valence-electron chi connectivity index (χ3n) is 4.82. The number of hydrogen-bond donors (Lipinski definition) is 1. The molecule has 3 heterocycles. The lowest BCUT2D eigenvalue weighted by Crippen LogP contribution is -2.43. The maximum atomic E-state index is 12.6. The van der Waals surface area contributed by atoms with E-state index in [-0.39, 0.29) is 11.8 Å². The van der Waals surface area contributed by atoms with Gasteiger partial charge in [-0.15, -0.1) is 10.2 Å². The van der Waals surface area contributed by atoms with E-state index in [2.05, 4.69) is 30.5 Å². The van der Waals surface area contributed by atoms with Gasteiger partial charge in [-0.3, -0.25) is 4.79 Å². The number of piperidine rings is 1. The van der Waals surface area contributed by atoms with Crippen LogP contribution in [0, 0.1) is 5.92 Å². The smallest absolute Gasteiger partial charge is 0.225 e. The average molecular weight is 398 g/mol.